The van der Waals surface area contributed by atoms with E-state index in [0.717, 1.165) is 19.5 Å². The molecule has 0 saturated carbocycles. The molecule has 0 aromatic carbocycles. The fraction of sp³-hybridized carbons (Fsp3) is 0.417. The fourth-order valence-electron chi connectivity index (χ4n) is 1.70. The molecule has 0 spiro atoms. The molecule has 0 aliphatic carbocycles. The average Bonchev–Trinajstić information content (AvgIpc) is 2.18. The first-order valence-electron chi connectivity index (χ1n) is 4.91. The Morgan fingerprint density at radius 1 is 1.50 bits per heavy atom. The monoisotopic (exact) mass is 191 g/mol. The van der Waals surface area contributed by atoms with E-state index in [2.05, 4.69) is 12.7 Å². The minimum absolute atomic E-state index is 0.148. The molecule has 0 bridgehead atoms. The van der Waals surface area contributed by atoms with Crippen molar-refractivity contribution in [1.29, 1.82) is 0 Å². The number of amides is 1. The fourth-order valence-corrected chi connectivity index (χ4v) is 1.70. The second-order valence-electron chi connectivity index (χ2n) is 3.43. The lowest BCUT2D eigenvalue weighted by Crippen LogP contribution is -2.35. The number of likely N-dealkylation sites (tertiary alicyclic amines) is 1. The van der Waals surface area contributed by atoms with Crippen LogP contribution in [-0.4, -0.2) is 23.9 Å². The van der Waals surface area contributed by atoms with E-state index in [1.165, 1.54) is 11.1 Å². The zero-order valence-corrected chi connectivity index (χ0v) is 8.92. The number of allylic oxidation sites excluding steroid dienone is 3. The molecule has 1 aliphatic heterocycles. The summed E-state index contributed by atoms with van der Waals surface area (Å²) in [6, 6.07) is 0. The largest absolute Gasteiger partial charge is 0.338 e. The topological polar surface area (TPSA) is 20.3 Å². The van der Waals surface area contributed by atoms with E-state index in [-0.39, 0.29) is 5.91 Å². The Hall–Kier alpha value is -1.31. The van der Waals surface area contributed by atoms with Crippen LogP contribution in [0.1, 0.15) is 20.3 Å². The van der Waals surface area contributed by atoms with Gasteiger partial charge in [-0.15, -0.1) is 0 Å². The SMILES string of the molecule is C=C/C=C1/CN(C(C)=O)CC/C1=C/C. The summed E-state index contributed by atoms with van der Waals surface area (Å²) in [6.07, 6.45) is 6.84. The molecule has 1 aliphatic rings. The first-order valence-corrected chi connectivity index (χ1v) is 4.91. The number of hydrogen-bond acceptors (Lipinski definition) is 1. The van der Waals surface area contributed by atoms with Crippen LogP contribution in [0.15, 0.2) is 36.0 Å². The smallest absolute Gasteiger partial charge is 0.219 e. The van der Waals surface area contributed by atoms with Gasteiger partial charge in [0.1, 0.15) is 0 Å². The Bertz CT molecular complexity index is 299. The van der Waals surface area contributed by atoms with Crippen LogP contribution in [0.3, 0.4) is 0 Å². The van der Waals surface area contributed by atoms with Crippen molar-refractivity contribution in [3.05, 3.63) is 36.0 Å². The second-order valence-corrected chi connectivity index (χ2v) is 3.43. The summed E-state index contributed by atoms with van der Waals surface area (Å²) in [5.41, 5.74) is 2.55. The lowest BCUT2D eigenvalue weighted by atomic mass is 9.97. The highest BCUT2D eigenvalue weighted by Gasteiger charge is 2.18. The summed E-state index contributed by atoms with van der Waals surface area (Å²) < 4.78 is 0. The first-order chi connectivity index (χ1) is 6.69. The molecule has 0 aromatic heterocycles. The minimum Gasteiger partial charge on any atom is -0.338 e. The highest BCUT2D eigenvalue weighted by molar-refractivity contribution is 5.74. The Morgan fingerprint density at radius 3 is 2.71 bits per heavy atom. The van der Waals surface area contributed by atoms with Gasteiger partial charge in [-0.3, -0.25) is 4.79 Å². The molecule has 2 heteroatoms. The van der Waals surface area contributed by atoms with Gasteiger partial charge in [-0.2, -0.15) is 0 Å². The molecule has 1 rings (SSSR count). The Labute approximate surface area is 85.6 Å². The maximum absolute atomic E-state index is 11.2. The molecular weight excluding hydrogens is 174 g/mol. The van der Waals surface area contributed by atoms with E-state index < -0.39 is 0 Å². The number of carbonyl (C=O) groups is 1. The van der Waals surface area contributed by atoms with Gasteiger partial charge in [0.2, 0.25) is 5.91 Å². The van der Waals surface area contributed by atoms with Crippen molar-refractivity contribution in [2.75, 3.05) is 13.1 Å². The van der Waals surface area contributed by atoms with E-state index in [1.807, 2.05) is 17.9 Å². The summed E-state index contributed by atoms with van der Waals surface area (Å²) in [6.45, 7) is 8.90. The molecule has 1 fully saturated rings. The summed E-state index contributed by atoms with van der Waals surface area (Å²) >= 11 is 0. The molecular formula is C12H17NO. The predicted molar refractivity (Wildman–Crippen MR) is 58.9 cm³/mol. The molecule has 76 valence electrons. The van der Waals surface area contributed by atoms with E-state index in [1.54, 1.807) is 13.0 Å². The van der Waals surface area contributed by atoms with Gasteiger partial charge in [-0.05, 0) is 24.5 Å². The molecule has 14 heavy (non-hydrogen) atoms. The maximum Gasteiger partial charge on any atom is 0.219 e. The van der Waals surface area contributed by atoms with Crippen LogP contribution in [0.4, 0.5) is 0 Å². The van der Waals surface area contributed by atoms with Crippen LogP contribution in [0, 0.1) is 0 Å². The standard InChI is InChI=1S/C12H17NO/c1-4-6-12-9-13(10(3)14)8-7-11(12)5-2/h4-6H,1,7-9H2,2-3H3/b11-5-,12-6-. The van der Waals surface area contributed by atoms with Crippen LogP contribution < -0.4 is 0 Å². The lowest BCUT2D eigenvalue weighted by molar-refractivity contribution is -0.128. The molecule has 0 unspecified atom stereocenters. The number of hydrogen-bond donors (Lipinski definition) is 0. The Kier molecular flexibility index (Phi) is 3.69. The van der Waals surface area contributed by atoms with E-state index in [9.17, 15) is 4.79 Å². The number of piperidine rings is 1. The van der Waals surface area contributed by atoms with E-state index in [0.29, 0.717) is 0 Å². The molecule has 1 amide bonds. The van der Waals surface area contributed by atoms with Crippen LogP contribution >= 0.6 is 0 Å². The van der Waals surface area contributed by atoms with E-state index >= 15 is 0 Å². The molecule has 2 nitrogen and oxygen atoms in total. The van der Waals surface area contributed by atoms with Gasteiger partial charge < -0.3 is 4.90 Å². The van der Waals surface area contributed by atoms with Gasteiger partial charge in [-0.1, -0.05) is 24.8 Å². The Balaban J connectivity index is 2.82. The predicted octanol–water partition coefficient (Wildman–Crippen LogP) is 2.30. The van der Waals surface area contributed by atoms with Crippen LogP contribution in [0.5, 0.6) is 0 Å². The third-order valence-corrected chi connectivity index (χ3v) is 2.54. The van der Waals surface area contributed by atoms with Gasteiger partial charge in [0, 0.05) is 20.0 Å². The summed E-state index contributed by atoms with van der Waals surface area (Å²) in [5, 5.41) is 0. The van der Waals surface area contributed by atoms with Crippen LogP contribution in [0.2, 0.25) is 0 Å². The molecule has 0 radical (unpaired) electrons. The normalized spacial score (nSPS) is 22.9. The molecule has 0 aromatic rings. The van der Waals surface area contributed by atoms with Crippen molar-refractivity contribution in [2.24, 2.45) is 0 Å². The molecule has 1 heterocycles. The minimum atomic E-state index is 0.148. The molecule has 1 saturated heterocycles. The third kappa shape index (κ3) is 2.34. The van der Waals surface area contributed by atoms with Gasteiger partial charge in [0.25, 0.3) is 0 Å². The maximum atomic E-state index is 11.2. The third-order valence-electron chi connectivity index (χ3n) is 2.54. The zero-order valence-electron chi connectivity index (χ0n) is 8.92. The van der Waals surface area contributed by atoms with Crippen molar-refractivity contribution in [2.45, 2.75) is 20.3 Å². The average molecular weight is 191 g/mol. The number of nitrogens with zero attached hydrogens (tertiary/aromatic N) is 1. The van der Waals surface area contributed by atoms with Gasteiger partial charge >= 0.3 is 0 Å². The highest BCUT2D eigenvalue weighted by atomic mass is 16.2. The highest BCUT2D eigenvalue weighted by Crippen LogP contribution is 2.21. The second kappa shape index (κ2) is 4.80. The Morgan fingerprint density at radius 2 is 2.21 bits per heavy atom. The van der Waals surface area contributed by atoms with Crippen molar-refractivity contribution >= 4 is 5.91 Å². The first kappa shape index (κ1) is 10.8. The van der Waals surface area contributed by atoms with Crippen molar-refractivity contribution in [1.82, 2.24) is 4.90 Å². The summed E-state index contributed by atoms with van der Waals surface area (Å²) in [7, 11) is 0. The van der Waals surface area contributed by atoms with Gasteiger partial charge in [-0.25, -0.2) is 0 Å². The zero-order chi connectivity index (χ0) is 10.6. The van der Waals surface area contributed by atoms with Crippen molar-refractivity contribution in [3.63, 3.8) is 0 Å². The summed E-state index contributed by atoms with van der Waals surface area (Å²) in [5.74, 6) is 0.148. The lowest BCUT2D eigenvalue weighted by Gasteiger charge is -2.29. The van der Waals surface area contributed by atoms with E-state index in [4.69, 9.17) is 0 Å². The van der Waals surface area contributed by atoms with Crippen molar-refractivity contribution in [3.8, 4) is 0 Å². The molecule has 0 atom stereocenters. The quantitative estimate of drug-likeness (QED) is 0.622. The number of carbonyl (C=O) groups excluding carboxylic acids is 1. The summed E-state index contributed by atoms with van der Waals surface area (Å²) in [4.78, 5) is 13.1. The number of rotatable bonds is 1. The van der Waals surface area contributed by atoms with Crippen LogP contribution in [-0.2, 0) is 4.79 Å². The molecule has 0 N–H and O–H groups in total. The van der Waals surface area contributed by atoms with Gasteiger partial charge in [0.05, 0.1) is 0 Å². The van der Waals surface area contributed by atoms with Gasteiger partial charge in [0.15, 0.2) is 0 Å². The van der Waals surface area contributed by atoms with Crippen molar-refractivity contribution < 1.29 is 4.79 Å². The van der Waals surface area contributed by atoms with Crippen LogP contribution in [0.25, 0.3) is 0 Å².